The van der Waals surface area contributed by atoms with E-state index in [1.165, 1.54) is 0 Å². The van der Waals surface area contributed by atoms with Gasteiger partial charge in [0.1, 0.15) is 4.90 Å². The molecule has 3 N–H and O–H groups in total. The summed E-state index contributed by atoms with van der Waals surface area (Å²) in [5.74, 6) is 0. The number of aryl methyl sites for hydroxylation is 2. The standard InChI is InChI=1S/C15H17BrN2O2S/c1-10-3-5-14(11(2)7-10)18-21(19,20)15-6-4-12(9-17)8-13(15)16/h3-8,18H,9,17H2,1-2H3. The zero-order chi connectivity index (χ0) is 15.6. The number of hydrogen-bond donors (Lipinski definition) is 2. The van der Waals surface area contributed by atoms with Gasteiger partial charge in [0.25, 0.3) is 10.0 Å². The molecule has 0 radical (unpaired) electrons. The highest BCUT2D eigenvalue weighted by molar-refractivity contribution is 9.10. The van der Waals surface area contributed by atoms with Gasteiger partial charge in [0, 0.05) is 11.0 Å². The van der Waals surface area contributed by atoms with E-state index in [-0.39, 0.29) is 4.90 Å². The Morgan fingerprint density at radius 2 is 1.86 bits per heavy atom. The highest BCUT2D eigenvalue weighted by Crippen LogP contribution is 2.26. The second kappa shape index (κ2) is 6.17. The van der Waals surface area contributed by atoms with E-state index < -0.39 is 10.0 Å². The number of halogens is 1. The first-order valence-corrected chi connectivity index (χ1v) is 8.69. The molecule has 0 atom stereocenters. The molecule has 4 nitrogen and oxygen atoms in total. The molecule has 0 saturated carbocycles. The molecule has 6 heteroatoms. The fourth-order valence-electron chi connectivity index (χ4n) is 2.02. The van der Waals surface area contributed by atoms with E-state index in [2.05, 4.69) is 20.7 Å². The number of hydrogen-bond acceptors (Lipinski definition) is 3. The summed E-state index contributed by atoms with van der Waals surface area (Å²) in [5, 5.41) is 0. The van der Waals surface area contributed by atoms with Crippen LogP contribution in [0.2, 0.25) is 0 Å². The Balaban J connectivity index is 2.38. The van der Waals surface area contributed by atoms with Gasteiger partial charge in [-0.2, -0.15) is 0 Å². The number of benzene rings is 2. The SMILES string of the molecule is Cc1ccc(NS(=O)(=O)c2ccc(CN)cc2Br)c(C)c1. The number of rotatable bonds is 4. The fraction of sp³-hybridized carbons (Fsp3) is 0.200. The van der Waals surface area contributed by atoms with E-state index in [0.717, 1.165) is 16.7 Å². The first kappa shape index (κ1) is 16.0. The molecule has 0 aliphatic rings. The first-order valence-electron chi connectivity index (χ1n) is 6.42. The third-order valence-corrected chi connectivity index (χ3v) is 5.49. The molecule has 0 aliphatic heterocycles. The van der Waals surface area contributed by atoms with Crippen LogP contribution in [0, 0.1) is 13.8 Å². The second-order valence-electron chi connectivity index (χ2n) is 4.89. The molecule has 0 bridgehead atoms. The monoisotopic (exact) mass is 368 g/mol. The molecule has 0 aromatic heterocycles. The van der Waals surface area contributed by atoms with Crippen LogP contribution in [-0.2, 0) is 16.6 Å². The van der Waals surface area contributed by atoms with Crippen molar-refractivity contribution in [2.24, 2.45) is 5.73 Å². The number of sulfonamides is 1. The van der Waals surface area contributed by atoms with Crippen LogP contribution in [0.15, 0.2) is 45.8 Å². The first-order chi connectivity index (χ1) is 9.83. The van der Waals surface area contributed by atoms with Gasteiger partial charge < -0.3 is 5.73 Å². The van der Waals surface area contributed by atoms with Crippen molar-refractivity contribution < 1.29 is 8.42 Å². The lowest BCUT2D eigenvalue weighted by Crippen LogP contribution is -2.14. The maximum absolute atomic E-state index is 12.5. The number of nitrogens with two attached hydrogens (primary N) is 1. The normalized spacial score (nSPS) is 11.4. The highest BCUT2D eigenvalue weighted by Gasteiger charge is 2.18. The molecular formula is C15H17BrN2O2S. The van der Waals surface area contributed by atoms with Crippen LogP contribution in [0.5, 0.6) is 0 Å². The molecule has 21 heavy (non-hydrogen) atoms. The Morgan fingerprint density at radius 3 is 2.43 bits per heavy atom. The van der Waals surface area contributed by atoms with E-state index >= 15 is 0 Å². The predicted molar refractivity (Wildman–Crippen MR) is 88.8 cm³/mol. The second-order valence-corrected chi connectivity index (χ2v) is 7.40. The summed E-state index contributed by atoms with van der Waals surface area (Å²) in [7, 11) is -3.64. The molecule has 0 amide bonds. The van der Waals surface area contributed by atoms with Crippen molar-refractivity contribution in [3.63, 3.8) is 0 Å². The van der Waals surface area contributed by atoms with E-state index in [1.54, 1.807) is 24.3 Å². The minimum atomic E-state index is -3.64. The van der Waals surface area contributed by atoms with Crippen LogP contribution < -0.4 is 10.5 Å². The summed E-state index contributed by atoms with van der Waals surface area (Å²) in [4.78, 5) is 0.194. The van der Waals surface area contributed by atoms with Crippen molar-refractivity contribution in [2.45, 2.75) is 25.3 Å². The van der Waals surface area contributed by atoms with Crippen molar-refractivity contribution in [1.29, 1.82) is 0 Å². The van der Waals surface area contributed by atoms with E-state index in [9.17, 15) is 8.42 Å². The lowest BCUT2D eigenvalue weighted by Gasteiger charge is -2.13. The smallest absolute Gasteiger partial charge is 0.263 e. The molecule has 0 heterocycles. The molecule has 2 aromatic rings. The summed E-state index contributed by atoms with van der Waals surface area (Å²) in [6.07, 6.45) is 0. The summed E-state index contributed by atoms with van der Waals surface area (Å²) >= 11 is 3.29. The molecule has 0 spiro atoms. The average Bonchev–Trinajstić information content (AvgIpc) is 2.41. The van der Waals surface area contributed by atoms with Crippen molar-refractivity contribution in [3.8, 4) is 0 Å². The van der Waals surface area contributed by atoms with E-state index in [0.29, 0.717) is 16.7 Å². The third kappa shape index (κ3) is 3.64. The molecule has 0 fully saturated rings. The summed E-state index contributed by atoms with van der Waals surface area (Å²) in [5.41, 5.74) is 8.97. The minimum Gasteiger partial charge on any atom is -0.326 e. The van der Waals surface area contributed by atoms with Gasteiger partial charge in [0.05, 0.1) is 5.69 Å². The Kier molecular flexibility index (Phi) is 4.70. The lowest BCUT2D eigenvalue weighted by atomic mass is 10.1. The summed E-state index contributed by atoms with van der Waals surface area (Å²) in [6, 6.07) is 10.6. The largest absolute Gasteiger partial charge is 0.326 e. The Bertz CT molecular complexity index is 773. The van der Waals surface area contributed by atoms with Crippen LogP contribution in [0.1, 0.15) is 16.7 Å². The average molecular weight is 369 g/mol. The molecule has 0 unspecified atom stereocenters. The lowest BCUT2D eigenvalue weighted by molar-refractivity contribution is 0.600. The predicted octanol–water partition coefficient (Wildman–Crippen LogP) is 3.33. The summed E-state index contributed by atoms with van der Waals surface area (Å²) in [6.45, 7) is 4.20. The van der Waals surface area contributed by atoms with Crippen LogP contribution in [0.3, 0.4) is 0 Å². The van der Waals surface area contributed by atoms with Crippen LogP contribution in [0.4, 0.5) is 5.69 Å². The van der Waals surface area contributed by atoms with Gasteiger partial charge in [-0.25, -0.2) is 8.42 Å². The van der Waals surface area contributed by atoms with Gasteiger partial charge in [-0.05, 0) is 59.1 Å². The Hall–Kier alpha value is -1.37. The van der Waals surface area contributed by atoms with Crippen LogP contribution in [-0.4, -0.2) is 8.42 Å². The number of anilines is 1. The zero-order valence-electron chi connectivity index (χ0n) is 11.9. The fourth-order valence-corrected chi connectivity index (χ4v) is 4.27. The van der Waals surface area contributed by atoms with E-state index in [1.807, 2.05) is 26.0 Å². The van der Waals surface area contributed by atoms with Crippen LogP contribution in [0.25, 0.3) is 0 Å². The molecule has 0 saturated heterocycles. The summed E-state index contributed by atoms with van der Waals surface area (Å²) < 4.78 is 28.1. The van der Waals surface area contributed by atoms with Gasteiger partial charge in [-0.15, -0.1) is 0 Å². The van der Waals surface area contributed by atoms with E-state index in [4.69, 9.17) is 5.73 Å². The van der Waals surface area contributed by atoms with Crippen molar-refractivity contribution in [1.82, 2.24) is 0 Å². The topological polar surface area (TPSA) is 72.2 Å². The molecule has 112 valence electrons. The quantitative estimate of drug-likeness (QED) is 0.869. The minimum absolute atomic E-state index is 0.194. The Labute approximate surface area is 133 Å². The van der Waals surface area contributed by atoms with Crippen molar-refractivity contribution >= 4 is 31.6 Å². The molecular weight excluding hydrogens is 352 g/mol. The van der Waals surface area contributed by atoms with Gasteiger partial charge in [-0.1, -0.05) is 23.8 Å². The van der Waals surface area contributed by atoms with Crippen LogP contribution >= 0.6 is 15.9 Å². The van der Waals surface area contributed by atoms with Gasteiger partial charge in [0.2, 0.25) is 0 Å². The third-order valence-electron chi connectivity index (χ3n) is 3.15. The zero-order valence-corrected chi connectivity index (χ0v) is 14.3. The maximum Gasteiger partial charge on any atom is 0.263 e. The van der Waals surface area contributed by atoms with Gasteiger partial charge in [0.15, 0.2) is 0 Å². The van der Waals surface area contributed by atoms with Gasteiger partial charge in [-0.3, -0.25) is 4.72 Å². The highest BCUT2D eigenvalue weighted by atomic mass is 79.9. The number of nitrogens with one attached hydrogen (secondary N) is 1. The maximum atomic E-state index is 12.5. The molecule has 2 aromatic carbocycles. The van der Waals surface area contributed by atoms with Gasteiger partial charge >= 0.3 is 0 Å². The van der Waals surface area contributed by atoms with Crippen molar-refractivity contribution in [2.75, 3.05) is 4.72 Å². The van der Waals surface area contributed by atoms with Crippen molar-refractivity contribution in [3.05, 3.63) is 57.6 Å². The molecule has 2 rings (SSSR count). The molecule has 0 aliphatic carbocycles. The Morgan fingerprint density at radius 1 is 1.14 bits per heavy atom.